The van der Waals surface area contributed by atoms with Crippen LogP contribution in [0.2, 0.25) is 0 Å². The van der Waals surface area contributed by atoms with Crippen LogP contribution in [0.3, 0.4) is 0 Å². The van der Waals surface area contributed by atoms with Crippen LogP contribution in [0.25, 0.3) is 95.8 Å². The second-order valence-electron chi connectivity index (χ2n) is 17.0. The van der Waals surface area contributed by atoms with Gasteiger partial charge in [-0.1, -0.05) is 158 Å². The van der Waals surface area contributed by atoms with Crippen LogP contribution >= 0.6 is 0 Å². The molecular formula is C54H42BN7O2. The molecule has 0 N–H and O–H groups in total. The normalized spacial score (nSPS) is 14.3. The van der Waals surface area contributed by atoms with Crippen molar-refractivity contribution in [3.63, 3.8) is 0 Å². The highest BCUT2D eigenvalue weighted by Crippen LogP contribution is 2.42. The van der Waals surface area contributed by atoms with Gasteiger partial charge in [0.05, 0.1) is 27.9 Å². The summed E-state index contributed by atoms with van der Waals surface area (Å²) in [5.74, 6) is 3.26. The SMILES string of the molecule is CC1(C)OB(c2ccc3c(c2)c2ccccc2n3-c2c(-c3nc(-c4ccccc4)nc(-c4ccccc4)n3)cccc2-c2nc(-c3ccccc3)nc(-c3ccccc3)n2)OC1(C)C. The topological polar surface area (TPSA) is 101 Å². The molecule has 7 aromatic carbocycles. The van der Waals surface area contributed by atoms with Gasteiger partial charge in [-0.05, 0) is 57.4 Å². The van der Waals surface area contributed by atoms with E-state index in [0.717, 1.165) is 66.3 Å². The Hall–Kier alpha value is -7.66. The van der Waals surface area contributed by atoms with Gasteiger partial charge in [0, 0.05) is 44.2 Å². The summed E-state index contributed by atoms with van der Waals surface area (Å²) < 4.78 is 15.4. The minimum Gasteiger partial charge on any atom is -0.399 e. The molecule has 64 heavy (non-hydrogen) atoms. The third kappa shape index (κ3) is 6.93. The van der Waals surface area contributed by atoms with Crippen molar-refractivity contribution in [2.75, 3.05) is 0 Å². The molecule has 3 aromatic heterocycles. The second-order valence-corrected chi connectivity index (χ2v) is 17.0. The molecule has 1 saturated heterocycles. The van der Waals surface area contributed by atoms with E-state index in [9.17, 15) is 0 Å². The van der Waals surface area contributed by atoms with Gasteiger partial charge in [-0.3, -0.25) is 0 Å². The van der Waals surface area contributed by atoms with E-state index in [1.165, 1.54) is 0 Å². The number of fused-ring (bicyclic) bond motifs is 3. The number of para-hydroxylation sites is 2. The van der Waals surface area contributed by atoms with Crippen molar-refractivity contribution in [3.05, 3.63) is 182 Å². The van der Waals surface area contributed by atoms with Gasteiger partial charge in [0.25, 0.3) is 0 Å². The Morgan fingerprint density at radius 2 is 0.750 bits per heavy atom. The minimum absolute atomic E-state index is 0.488. The van der Waals surface area contributed by atoms with E-state index in [2.05, 4.69) is 86.9 Å². The number of nitrogens with zero attached hydrogens (tertiary/aromatic N) is 7. The zero-order valence-electron chi connectivity index (χ0n) is 35.8. The monoisotopic (exact) mass is 831 g/mol. The maximum atomic E-state index is 6.57. The first-order valence-corrected chi connectivity index (χ1v) is 21.5. The van der Waals surface area contributed by atoms with Gasteiger partial charge in [0.1, 0.15) is 0 Å². The van der Waals surface area contributed by atoms with Crippen molar-refractivity contribution in [2.24, 2.45) is 0 Å². The van der Waals surface area contributed by atoms with Crippen LogP contribution in [0, 0.1) is 0 Å². The van der Waals surface area contributed by atoms with Crippen LogP contribution in [0.1, 0.15) is 27.7 Å². The maximum absolute atomic E-state index is 6.57. The molecule has 1 aliphatic heterocycles. The average Bonchev–Trinajstić information content (AvgIpc) is 3.79. The van der Waals surface area contributed by atoms with Crippen LogP contribution in [-0.4, -0.2) is 52.8 Å². The van der Waals surface area contributed by atoms with Gasteiger partial charge in [0.2, 0.25) is 0 Å². The molecule has 0 amide bonds. The molecule has 10 heteroatoms. The van der Waals surface area contributed by atoms with Crippen LogP contribution in [0.4, 0.5) is 0 Å². The largest absolute Gasteiger partial charge is 0.494 e. The van der Waals surface area contributed by atoms with Gasteiger partial charge in [-0.2, -0.15) is 0 Å². The lowest BCUT2D eigenvalue weighted by atomic mass is 9.78. The maximum Gasteiger partial charge on any atom is 0.494 e. The highest BCUT2D eigenvalue weighted by molar-refractivity contribution is 6.62. The molecule has 0 radical (unpaired) electrons. The zero-order valence-corrected chi connectivity index (χ0v) is 35.8. The van der Waals surface area contributed by atoms with Crippen molar-refractivity contribution in [2.45, 2.75) is 38.9 Å². The van der Waals surface area contributed by atoms with Crippen molar-refractivity contribution in [1.29, 1.82) is 0 Å². The number of hydrogen-bond acceptors (Lipinski definition) is 8. The van der Waals surface area contributed by atoms with Crippen LogP contribution < -0.4 is 5.46 Å². The van der Waals surface area contributed by atoms with E-state index in [1.54, 1.807) is 0 Å². The Balaban J connectivity index is 1.22. The van der Waals surface area contributed by atoms with Gasteiger partial charge in [-0.15, -0.1) is 0 Å². The lowest BCUT2D eigenvalue weighted by Crippen LogP contribution is -2.41. The van der Waals surface area contributed by atoms with Crippen molar-refractivity contribution >= 4 is 34.4 Å². The molecule has 10 aromatic rings. The summed E-state index contributed by atoms with van der Waals surface area (Å²) in [5.41, 5.74) is 7.80. The highest BCUT2D eigenvalue weighted by Gasteiger charge is 2.51. The Kier molecular flexibility index (Phi) is 9.56. The Morgan fingerprint density at radius 3 is 1.19 bits per heavy atom. The van der Waals surface area contributed by atoms with Crippen molar-refractivity contribution < 1.29 is 9.31 Å². The quantitative estimate of drug-likeness (QED) is 0.140. The molecule has 1 aliphatic rings. The van der Waals surface area contributed by atoms with Gasteiger partial charge in [0.15, 0.2) is 34.9 Å². The van der Waals surface area contributed by atoms with E-state index in [4.69, 9.17) is 39.2 Å². The van der Waals surface area contributed by atoms with E-state index in [-0.39, 0.29) is 0 Å². The Bertz CT molecular complexity index is 3070. The summed E-state index contributed by atoms with van der Waals surface area (Å²) in [4.78, 5) is 31.2. The molecule has 0 aliphatic carbocycles. The lowest BCUT2D eigenvalue weighted by molar-refractivity contribution is 0.00578. The van der Waals surface area contributed by atoms with Gasteiger partial charge >= 0.3 is 7.12 Å². The van der Waals surface area contributed by atoms with Gasteiger partial charge in [-0.25, -0.2) is 29.9 Å². The number of rotatable bonds is 8. The lowest BCUT2D eigenvalue weighted by Gasteiger charge is -2.32. The fraction of sp³-hybridized carbons (Fsp3) is 0.111. The number of aromatic nitrogens is 7. The molecule has 0 spiro atoms. The molecular weight excluding hydrogens is 789 g/mol. The number of benzene rings is 7. The molecule has 0 bridgehead atoms. The fourth-order valence-corrected chi connectivity index (χ4v) is 8.36. The summed E-state index contributed by atoms with van der Waals surface area (Å²) in [6.07, 6.45) is 0. The predicted octanol–water partition coefficient (Wildman–Crippen LogP) is 11.5. The minimum atomic E-state index is -0.532. The first kappa shape index (κ1) is 39.2. The smallest absolute Gasteiger partial charge is 0.399 e. The van der Waals surface area contributed by atoms with Crippen LogP contribution in [-0.2, 0) is 9.31 Å². The van der Waals surface area contributed by atoms with Crippen LogP contribution in [0.15, 0.2) is 182 Å². The third-order valence-corrected chi connectivity index (χ3v) is 12.4. The summed E-state index contributed by atoms with van der Waals surface area (Å²) >= 11 is 0. The Labute approximate surface area is 371 Å². The standard InChI is InChI=1S/C54H42BN7O2/c1-53(2)54(3,4)64-55(63-53)39-32-33-45-43(34-39)40-28-17-18-31-44(40)62(45)46-41(51-58-47(35-20-9-5-10-21-35)56-48(59-51)36-22-11-6-12-23-36)29-19-30-42(46)52-60-49(37-24-13-7-14-25-37)57-50(61-52)38-26-15-8-16-27-38/h5-34H,1-4H3. The van der Waals surface area contributed by atoms with Crippen molar-refractivity contribution in [1.82, 2.24) is 34.5 Å². The predicted molar refractivity (Wildman–Crippen MR) is 256 cm³/mol. The van der Waals surface area contributed by atoms with Crippen molar-refractivity contribution in [3.8, 4) is 74.0 Å². The van der Waals surface area contributed by atoms with E-state index < -0.39 is 18.3 Å². The third-order valence-electron chi connectivity index (χ3n) is 12.4. The highest BCUT2D eigenvalue weighted by atomic mass is 16.7. The molecule has 0 saturated carbocycles. The van der Waals surface area contributed by atoms with E-state index >= 15 is 0 Å². The molecule has 9 nitrogen and oxygen atoms in total. The van der Waals surface area contributed by atoms with E-state index in [1.807, 2.05) is 127 Å². The molecule has 1 fully saturated rings. The fourth-order valence-electron chi connectivity index (χ4n) is 8.36. The molecule has 308 valence electrons. The molecule has 0 atom stereocenters. The number of hydrogen-bond donors (Lipinski definition) is 0. The van der Waals surface area contributed by atoms with Crippen LogP contribution in [0.5, 0.6) is 0 Å². The zero-order chi connectivity index (χ0) is 43.4. The molecule has 0 unspecified atom stereocenters. The van der Waals surface area contributed by atoms with Gasteiger partial charge < -0.3 is 13.9 Å². The molecule has 11 rings (SSSR count). The summed E-state index contributed by atoms with van der Waals surface area (Å²) in [6.45, 7) is 8.32. The summed E-state index contributed by atoms with van der Waals surface area (Å²) in [5, 5.41) is 2.10. The summed E-state index contributed by atoms with van der Waals surface area (Å²) in [6, 6.07) is 61.3. The molecule has 4 heterocycles. The average molecular weight is 832 g/mol. The van der Waals surface area contributed by atoms with E-state index in [0.29, 0.717) is 34.9 Å². The first-order valence-electron chi connectivity index (χ1n) is 21.5. The second kappa shape index (κ2) is 15.6. The Morgan fingerprint density at radius 1 is 0.375 bits per heavy atom. The summed E-state index contributed by atoms with van der Waals surface area (Å²) in [7, 11) is -0.532. The first-order chi connectivity index (χ1) is 31.2.